The molecule has 0 aliphatic heterocycles. The maximum absolute atomic E-state index is 14.1. The van der Waals surface area contributed by atoms with E-state index in [1.165, 1.54) is 0 Å². The third-order valence-electron chi connectivity index (χ3n) is 8.51. The van der Waals surface area contributed by atoms with Crippen LogP contribution in [-0.4, -0.2) is 46.0 Å². The Bertz CT molecular complexity index is 1460. The summed E-state index contributed by atoms with van der Waals surface area (Å²) in [6.45, 7) is 0.0415. The topological polar surface area (TPSA) is 117 Å². The number of nitrogens with zero attached hydrogens (tertiary/aromatic N) is 1. The second-order valence-electron chi connectivity index (χ2n) is 11.8. The van der Waals surface area contributed by atoms with Gasteiger partial charge in [0.15, 0.2) is 0 Å². The minimum Gasteiger partial charge on any atom is -0.344 e. The van der Waals surface area contributed by atoms with Crippen LogP contribution in [0.1, 0.15) is 54.5 Å². The van der Waals surface area contributed by atoms with Gasteiger partial charge < -0.3 is 16.0 Å². The van der Waals surface area contributed by atoms with Crippen LogP contribution in [0.5, 0.6) is 0 Å². The highest BCUT2D eigenvalue weighted by atomic mass is 19.3. The summed E-state index contributed by atoms with van der Waals surface area (Å²) in [5.74, 6) is -5.57. The average Bonchev–Trinajstić information content (AvgIpc) is 3.40. The van der Waals surface area contributed by atoms with Gasteiger partial charge in [0.25, 0.3) is 5.91 Å². The van der Waals surface area contributed by atoms with Gasteiger partial charge in [0.05, 0.1) is 12.2 Å². The minimum absolute atomic E-state index is 0.0315. The van der Waals surface area contributed by atoms with E-state index in [-0.39, 0.29) is 63.8 Å². The fraction of sp³-hybridized carbons (Fsp3) is 0.382. The van der Waals surface area contributed by atoms with Crippen molar-refractivity contribution >= 4 is 23.5 Å². The lowest BCUT2D eigenvalue weighted by atomic mass is 9.84. The van der Waals surface area contributed by atoms with Gasteiger partial charge in [-0.3, -0.25) is 24.2 Å². The smallest absolute Gasteiger partial charge is 0.289 e. The fourth-order valence-electron chi connectivity index (χ4n) is 6.08. The second kappa shape index (κ2) is 13.4. The number of hydrogen-bond donors (Lipinski definition) is 3. The van der Waals surface area contributed by atoms with Gasteiger partial charge in [0.2, 0.25) is 23.5 Å². The third kappa shape index (κ3) is 7.72. The highest BCUT2D eigenvalue weighted by Gasteiger charge is 2.47. The van der Waals surface area contributed by atoms with Gasteiger partial charge in [-0.15, -0.1) is 0 Å². The Hall–Kier alpha value is -4.47. The Balaban J connectivity index is 1.34. The summed E-state index contributed by atoms with van der Waals surface area (Å²) >= 11 is 0. The molecule has 1 heterocycles. The SMILES string of the molecule is O=C(CC1CCC(F)(F)CC1)NC1(C(=O)N[C@H](Cc2ccccc2)C(=O)C(=O)NCc2ccccn2)Cc2ccccc2C1. The second-order valence-corrected chi connectivity index (χ2v) is 11.8. The molecule has 1 atom stereocenters. The van der Waals surface area contributed by atoms with Crippen molar-refractivity contribution in [1.29, 1.82) is 0 Å². The van der Waals surface area contributed by atoms with E-state index in [0.717, 1.165) is 16.7 Å². The molecule has 2 aliphatic rings. The number of amides is 3. The van der Waals surface area contributed by atoms with E-state index >= 15 is 0 Å². The van der Waals surface area contributed by atoms with Crippen molar-refractivity contribution in [3.05, 3.63) is 101 Å². The highest BCUT2D eigenvalue weighted by Crippen LogP contribution is 2.38. The van der Waals surface area contributed by atoms with E-state index in [1.54, 1.807) is 48.7 Å². The average molecular weight is 603 g/mol. The first-order valence-electron chi connectivity index (χ1n) is 14.9. The zero-order valence-corrected chi connectivity index (χ0v) is 24.4. The third-order valence-corrected chi connectivity index (χ3v) is 8.51. The van der Waals surface area contributed by atoms with Gasteiger partial charge in [-0.05, 0) is 47.6 Å². The van der Waals surface area contributed by atoms with Crippen molar-refractivity contribution in [2.75, 3.05) is 0 Å². The number of carbonyl (C=O) groups is 4. The first-order valence-corrected chi connectivity index (χ1v) is 14.9. The van der Waals surface area contributed by atoms with Gasteiger partial charge in [0.1, 0.15) is 11.6 Å². The maximum atomic E-state index is 14.1. The van der Waals surface area contributed by atoms with E-state index < -0.39 is 41.0 Å². The zero-order valence-electron chi connectivity index (χ0n) is 24.4. The molecule has 1 aromatic heterocycles. The molecule has 230 valence electrons. The molecule has 10 heteroatoms. The molecule has 0 spiro atoms. The molecular formula is C34H36F2N4O4. The van der Waals surface area contributed by atoms with Gasteiger partial charge in [-0.2, -0.15) is 0 Å². The van der Waals surface area contributed by atoms with Crippen molar-refractivity contribution in [2.24, 2.45) is 5.92 Å². The summed E-state index contributed by atoms with van der Waals surface area (Å²) in [5, 5.41) is 8.32. The number of carbonyl (C=O) groups excluding carboxylic acids is 4. The van der Waals surface area contributed by atoms with E-state index in [4.69, 9.17) is 0 Å². The molecule has 8 nitrogen and oxygen atoms in total. The summed E-state index contributed by atoms with van der Waals surface area (Å²) in [4.78, 5) is 58.1. The zero-order chi connectivity index (χ0) is 31.2. The van der Waals surface area contributed by atoms with Crippen molar-refractivity contribution in [1.82, 2.24) is 20.9 Å². The Morgan fingerprint density at radius 2 is 1.50 bits per heavy atom. The number of fused-ring (bicyclic) bond motifs is 1. The van der Waals surface area contributed by atoms with Gasteiger partial charge in [-0.25, -0.2) is 8.78 Å². The summed E-state index contributed by atoms with van der Waals surface area (Å²) in [7, 11) is 0. The quantitative estimate of drug-likeness (QED) is 0.288. The van der Waals surface area contributed by atoms with Crippen LogP contribution >= 0.6 is 0 Å². The number of benzene rings is 2. The van der Waals surface area contributed by atoms with Crippen molar-refractivity contribution < 1.29 is 28.0 Å². The number of hydrogen-bond acceptors (Lipinski definition) is 5. The number of Topliss-reactive ketones (excluding diaryl/α,β-unsaturated/α-hetero) is 1. The summed E-state index contributed by atoms with van der Waals surface area (Å²) in [6, 6.07) is 20.5. The molecule has 0 bridgehead atoms. The lowest BCUT2D eigenvalue weighted by Crippen LogP contribution is -2.63. The first kappa shape index (κ1) is 31.0. The molecule has 1 saturated carbocycles. The van der Waals surface area contributed by atoms with E-state index in [9.17, 15) is 28.0 Å². The Morgan fingerprint density at radius 1 is 0.864 bits per heavy atom. The number of halogens is 2. The molecule has 3 N–H and O–H groups in total. The number of aromatic nitrogens is 1. The van der Waals surface area contributed by atoms with Gasteiger partial charge in [-0.1, -0.05) is 60.7 Å². The van der Waals surface area contributed by atoms with Crippen LogP contribution in [-0.2, 0) is 45.0 Å². The fourth-order valence-corrected chi connectivity index (χ4v) is 6.08. The van der Waals surface area contributed by atoms with Crippen molar-refractivity contribution in [3.8, 4) is 0 Å². The molecule has 1 fully saturated rings. The Morgan fingerprint density at radius 3 is 2.14 bits per heavy atom. The molecule has 3 aromatic rings. The maximum Gasteiger partial charge on any atom is 0.289 e. The van der Waals surface area contributed by atoms with E-state index in [1.807, 2.05) is 30.3 Å². The van der Waals surface area contributed by atoms with Gasteiger partial charge in [0, 0.05) is 44.7 Å². The summed E-state index contributed by atoms with van der Waals surface area (Å²) < 4.78 is 27.4. The molecule has 2 aromatic carbocycles. The number of alkyl halides is 2. The van der Waals surface area contributed by atoms with Crippen LogP contribution in [0.15, 0.2) is 79.0 Å². The van der Waals surface area contributed by atoms with E-state index in [2.05, 4.69) is 20.9 Å². The number of ketones is 1. The normalized spacial score (nSPS) is 17.6. The molecule has 3 amide bonds. The molecular weight excluding hydrogens is 566 g/mol. The van der Waals surface area contributed by atoms with Crippen LogP contribution in [0, 0.1) is 5.92 Å². The molecule has 0 unspecified atom stereocenters. The predicted molar refractivity (Wildman–Crippen MR) is 159 cm³/mol. The van der Waals surface area contributed by atoms with Crippen LogP contribution in [0.25, 0.3) is 0 Å². The lowest BCUT2D eigenvalue weighted by Gasteiger charge is -2.33. The largest absolute Gasteiger partial charge is 0.344 e. The molecule has 5 rings (SSSR count). The highest BCUT2D eigenvalue weighted by molar-refractivity contribution is 6.38. The van der Waals surface area contributed by atoms with Crippen molar-refractivity contribution in [3.63, 3.8) is 0 Å². The van der Waals surface area contributed by atoms with Crippen molar-refractivity contribution in [2.45, 2.75) is 75.4 Å². The summed E-state index contributed by atoms with van der Waals surface area (Å²) in [5.41, 5.74) is 1.69. The number of pyridine rings is 1. The minimum atomic E-state index is -2.70. The monoisotopic (exact) mass is 602 g/mol. The van der Waals surface area contributed by atoms with E-state index in [0.29, 0.717) is 5.69 Å². The molecule has 0 saturated heterocycles. The van der Waals surface area contributed by atoms with Crippen LogP contribution in [0.3, 0.4) is 0 Å². The first-order chi connectivity index (χ1) is 21.1. The molecule has 44 heavy (non-hydrogen) atoms. The van der Waals surface area contributed by atoms with Gasteiger partial charge >= 0.3 is 0 Å². The predicted octanol–water partition coefficient (Wildman–Crippen LogP) is 3.86. The van der Waals surface area contributed by atoms with Crippen LogP contribution in [0.2, 0.25) is 0 Å². The summed E-state index contributed by atoms with van der Waals surface area (Å²) in [6.07, 6.45) is 2.03. The van der Waals surface area contributed by atoms with Crippen LogP contribution in [0.4, 0.5) is 8.78 Å². The Labute approximate surface area is 255 Å². The standard InChI is InChI=1S/C34H36F2N4O4/c35-34(36)15-13-24(14-16-34)19-29(41)40-33(20-25-10-4-5-11-26(25)21-33)32(44)39-28(18-23-8-2-1-3-9-23)30(42)31(43)38-22-27-12-6-7-17-37-27/h1-12,17,24,28H,13-16,18-22H2,(H,38,43)(H,39,44)(H,40,41)/t28-/m1/s1. The number of rotatable bonds is 11. The molecule has 2 aliphatic carbocycles. The number of nitrogens with one attached hydrogen (secondary N) is 3. The molecule has 0 radical (unpaired) electrons. The lowest BCUT2D eigenvalue weighted by molar-refractivity contribution is -0.141. The Kier molecular flexibility index (Phi) is 9.46. The van der Waals surface area contributed by atoms with Crippen LogP contribution < -0.4 is 16.0 Å².